The molecule has 0 aliphatic heterocycles. The zero-order valence-corrected chi connectivity index (χ0v) is 16.6. The van der Waals surface area contributed by atoms with Crippen LogP contribution in [-0.2, 0) is 17.0 Å². The van der Waals surface area contributed by atoms with E-state index in [4.69, 9.17) is 14.5 Å². The van der Waals surface area contributed by atoms with Crippen LogP contribution in [0.2, 0.25) is 0 Å². The number of para-hydroxylation sites is 2. The fourth-order valence-electron chi connectivity index (χ4n) is 3.02. The van der Waals surface area contributed by atoms with Crippen LogP contribution < -0.4 is 4.74 Å². The molecule has 0 aliphatic rings. The van der Waals surface area contributed by atoms with E-state index in [1.165, 1.54) is 0 Å². The van der Waals surface area contributed by atoms with Crippen molar-refractivity contribution in [3.8, 4) is 11.4 Å². The van der Waals surface area contributed by atoms with E-state index in [9.17, 15) is 0 Å². The molecule has 2 aromatic carbocycles. The predicted octanol–water partition coefficient (Wildman–Crippen LogP) is 3.56. The molecule has 0 bridgehead atoms. The molecule has 0 unspecified atom stereocenters. The van der Waals surface area contributed by atoms with Gasteiger partial charge in [-0.25, -0.2) is 4.98 Å². The third-order valence-electron chi connectivity index (χ3n) is 4.41. The molecule has 0 fully saturated rings. The number of rotatable bonds is 8. The molecular formula is C20H21N5O2S. The van der Waals surface area contributed by atoms with E-state index >= 15 is 0 Å². The summed E-state index contributed by atoms with van der Waals surface area (Å²) in [7, 11) is 3.36. The highest BCUT2D eigenvalue weighted by molar-refractivity contribution is 7.98. The molecule has 0 N–H and O–H groups in total. The smallest absolute Gasteiger partial charge is 0.191 e. The minimum Gasteiger partial charge on any atom is -0.497 e. The lowest BCUT2D eigenvalue weighted by Gasteiger charge is -2.10. The normalized spacial score (nSPS) is 11.2. The molecular weight excluding hydrogens is 374 g/mol. The standard InChI is InChI=1S/C20H21N5O2S/c1-26-12-11-24-14-21-23-20(24)28-13-19-22-17-5-3-4-6-18(17)25(19)15-7-9-16(27-2)10-8-15/h3-10,14H,11-13H2,1-2H3. The summed E-state index contributed by atoms with van der Waals surface area (Å²) < 4.78 is 14.6. The van der Waals surface area contributed by atoms with E-state index in [2.05, 4.69) is 20.8 Å². The lowest BCUT2D eigenvalue weighted by atomic mass is 10.2. The summed E-state index contributed by atoms with van der Waals surface area (Å²) in [6.07, 6.45) is 1.73. The van der Waals surface area contributed by atoms with Gasteiger partial charge in [0.1, 0.15) is 17.9 Å². The molecule has 144 valence electrons. The third kappa shape index (κ3) is 3.74. The largest absolute Gasteiger partial charge is 0.497 e. The number of imidazole rings is 1. The molecule has 0 atom stereocenters. The topological polar surface area (TPSA) is 67.0 Å². The van der Waals surface area contributed by atoms with Crippen LogP contribution in [0.15, 0.2) is 60.0 Å². The Labute approximate surface area is 167 Å². The second-order valence-electron chi connectivity index (χ2n) is 6.14. The molecule has 0 spiro atoms. The highest BCUT2D eigenvalue weighted by atomic mass is 32.2. The first kappa shape index (κ1) is 18.5. The maximum atomic E-state index is 5.29. The van der Waals surface area contributed by atoms with Crippen LogP contribution in [0.4, 0.5) is 0 Å². The fraction of sp³-hybridized carbons (Fsp3) is 0.250. The van der Waals surface area contributed by atoms with Gasteiger partial charge in [0.25, 0.3) is 0 Å². The minimum atomic E-state index is 0.621. The lowest BCUT2D eigenvalue weighted by molar-refractivity contribution is 0.184. The van der Waals surface area contributed by atoms with Gasteiger partial charge in [0.2, 0.25) is 0 Å². The summed E-state index contributed by atoms with van der Waals surface area (Å²) in [5, 5.41) is 9.11. The Morgan fingerprint density at radius 3 is 2.64 bits per heavy atom. The summed E-state index contributed by atoms with van der Waals surface area (Å²) in [4.78, 5) is 4.85. The maximum absolute atomic E-state index is 5.29. The van der Waals surface area contributed by atoms with E-state index in [0.29, 0.717) is 12.4 Å². The summed E-state index contributed by atoms with van der Waals surface area (Å²) in [5.41, 5.74) is 3.09. The van der Waals surface area contributed by atoms with Gasteiger partial charge < -0.3 is 14.0 Å². The van der Waals surface area contributed by atoms with Crippen LogP contribution in [0.25, 0.3) is 16.7 Å². The van der Waals surface area contributed by atoms with E-state index in [-0.39, 0.29) is 0 Å². The van der Waals surface area contributed by atoms with Gasteiger partial charge in [-0.15, -0.1) is 10.2 Å². The molecule has 4 aromatic rings. The Morgan fingerprint density at radius 2 is 1.86 bits per heavy atom. The van der Waals surface area contributed by atoms with Crippen molar-refractivity contribution in [2.75, 3.05) is 20.8 Å². The van der Waals surface area contributed by atoms with Crippen molar-refractivity contribution in [2.24, 2.45) is 0 Å². The van der Waals surface area contributed by atoms with Crippen molar-refractivity contribution in [1.29, 1.82) is 0 Å². The Balaban J connectivity index is 1.66. The first-order chi connectivity index (χ1) is 13.8. The number of benzene rings is 2. The van der Waals surface area contributed by atoms with E-state index in [1.54, 1.807) is 32.3 Å². The zero-order chi connectivity index (χ0) is 19.3. The summed E-state index contributed by atoms with van der Waals surface area (Å²) in [5.74, 6) is 2.46. The van der Waals surface area contributed by atoms with Crippen LogP contribution in [-0.4, -0.2) is 45.1 Å². The van der Waals surface area contributed by atoms with Gasteiger partial charge in [-0.1, -0.05) is 23.9 Å². The van der Waals surface area contributed by atoms with Crippen molar-refractivity contribution in [3.63, 3.8) is 0 Å². The molecule has 2 aromatic heterocycles. The molecule has 0 aliphatic carbocycles. The van der Waals surface area contributed by atoms with Crippen molar-refractivity contribution in [1.82, 2.24) is 24.3 Å². The average molecular weight is 395 g/mol. The Kier molecular flexibility index (Phi) is 5.59. The van der Waals surface area contributed by atoms with E-state index in [1.807, 2.05) is 47.0 Å². The van der Waals surface area contributed by atoms with E-state index < -0.39 is 0 Å². The number of fused-ring (bicyclic) bond motifs is 1. The van der Waals surface area contributed by atoms with Crippen molar-refractivity contribution < 1.29 is 9.47 Å². The highest BCUT2D eigenvalue weighted by Crippen LogP contribution is 2.27. The van der Waals surface area contributed by atoms with Gasteiger partial charge in [-0.05, 0) is 36.4 Å². The molecule has 0 saturated heterocycles. The first-order valence-electron chi connectivity index (χ1n) is 8.90. The Hall–Kier alpha value is -2.84. The fourth-order valence-corrected chi connectivity index (χ4v) is 3.88. The van der Waals surface area contributed by atoms with Crippen molar-refractivity contribution >= 4 is 22.8 Å². The molecule has 2 heterocycles. The quantitative estimate of drug-likeness (QED) is 0.425. The number of methoxy groups -OCH3 is 2. The van der Waals surface area contributed by atoms with Crippen LogP contribution in [0.3, 0.4) is 0 Å². The number of ether oxygens (including phenoxy) is 2. The molecule has 8 heteroatoms. The SMILES string of the molecule is COCCn1cnnc1SCc1nc2ccccc2n1-c1ccc(OC)cc1. The number of thioether (sulfide) groups is 1. The number of hydrogen-bond donors (Lipinski definition) is 0. The lowest BCUT2D eigenvalue weighted by Crippen LogP contribution is -2.05. The minimum absolute atomic E-state index is 0.621. The van der Waals surface area contributed by atoms with Crippen LogP contribution in [0.1, 0.15) is 5.82 Å². The molecule has 28 heavy (non-hydrogen) atoms. The monoisotopic (exact) mass is 395 g/mol. The molecule has 0 radical (unpaired) electrons. The van der Waals surface area contributed by atoms with Gasteiger partial charge in [0.15, 0.2) is 5.16 Å². The van der Waals surface area contributed by atoms with Crippen LogP contribution in [0, 0.1) is 0 Å². The zero-order valence-electron chi connectivity index (χ0n) is 15.8. The molecule has 7 nitrogen and oxygen atoms in total. The second-order valence-corrected chi connectivity index (χ2v) is 7.08. The number of nitrogens with zero attached hydrogens (tertiary/aromatic N) is 5. The number of hydrogen-bond acceptors (Lipinski definition) is 6. The number of aromatic nitrogens is 5. The summed E-state index contributed by atoms with van der Waals surface area (Å²) in [6.45, 7) is 1.34. The van der Waals surface area contributed by atoms with Crippen molar-refractivity contribution in [2.45, 2.75) is 17.5 Å². The van der Waals surface area contributed by atoms with Gasteiger partial charge in [0.05, 0.1) is 30.5 Å². The molecule has 0 saturated carbocycles. The average Bonchev–Trinajstić information content (AvgIpc) is 3.34. The third-order valence-corrected chi connectivity index (χ3v) is 5.38. The summed E-state index contributed by atoms with van der Waals surface area (Å²) in [6, 6.07) is 16.2. The van der Waals surface area contributed by atoms with Gasteiger partial charge >= 0.3 is 0 Å². The van der Waals surface area contributed by atoms with Gasteiger partial charge in [-0.2, -0.15) is 0 Å². The van der Waals surface area contributed by atoms with Crippen LogP contribution in [0.5, 0.6) is 5.75 Å². The molecule has 4 rings (SSSR count). The Bertz CT molecular complexity index is 1060. The molecule has 0 amide bonds. The highest BCUT2D eigenvalue weighted by Gasteiger charge is 2.14. The van der Waals surface area contributed by atoms with Crippen molar-refractivity contribution in [3.05, 3.63) is 60.7 Å². The van der Waals surface area contributed by atoms with Gasteiger partial charge in [-0.3, -0.25) is 4.57 Å². The Morgan fingerprint density at radius 1 is 1.04 bits per heavy atom. The predicted molar refractivity (Wildman–Crippen MR) is 109 cm³/mol. The maximum Gasteiger partial charge on any atom is 0.191 e. The van der Waals surface area contributed by atoms with Gasteiger partial charge in [0, 0.05) is 19.3 Å². The van der Waals surface area contributed by atoms with Crippen LogP contribution >= 0.6 is 11.8 Å². The second kappa shape index (κ2) is 8.45. The first-order valence-corrected chi connectivity index (χ1v) is 9.89. The summed E-state index contributed by atoms with van der Waals surface area (Å²) >= 11 is 1.61. The van der Waals surface area contributed by atoms with E-state index in [0.717, 1.165) is 40.0 Å².